The maximum absolute atomic E-state index is 9.16. The minimum absolute atomic E-state index is 0.295. The third-order valence-corrected chi connectivity index (χ3v) is 3.74. The van der Waals surface area contributed by atoms with E-state index in [2.05, 4.69) is 11.4 Å². The van der Waals surface area contributed by atoms with Crippen LogP contribution in [0.5, 0.6) is 5.75 Å². The highest BCUT2D eigenvalue weighted by Gasteiger charge is 2.30. The van der Waals surface area contributed by atoms with Crippen LogP contribution in [0.25, 0.3) is 0 Å². The Morgan fingerprint density at radius 3 is 3.06 bits per heavy atom. The number of benzene rings is 1. The number of hydrogen-bond donors (Lipinski definition) is 2. The molecule has 86 valence electrons. The third kappa shape index (κ3) is 1.55. The van der Waals surface area contributed by atoms with Crippen molar-refractivity contribution < 1.29 is 9.84 Å². The van der Waals surface area contributed by atoms with E-state index < -0.39 is 0 Å². The topological polar surface area (TPSA) is 41.5 Å². The maximum atomic E-state index is 9.16. The summed E-state index contributed by atoms with van der Waals surface area (Å²) in [6.07, 6.45) is 3.30. The molecule has 1 aromatic rings. The number of hydrogen-bond acceptors (Lipinski definition) is 3. The Balaban J connectivity index is 1.77. The van der Waals surface area contributed by atoms with E-state index in [1.165, 1.54) is 11.3 Å². The van der Waals surface area contributed by atoms with Crippen molar-refractivity contribution in [3.8, 4) is 5.75 Å². The fourth-order valence-electron chi connectivity index (χ4n) is 2.53. The first-order chi connectivity index (χ1) is 7.88. The highest BCUT2D eigenvalue weighted by atomic mass is 16.5. The highest BCUT2D eigenvalue weighted by Crippen LogP contribution is 2.35. The predicted octanol–water partition coefficient (Wildman–Crippen LogP) is 1.80. The van der Waals surface area contributed by atoms with E-state index in [4.69, 9.17) is 9.84 Å². The molecule has 0 amide bonds. The van der Waals surface area contributed by atoms with Crippen LogP contribution in [0.4, 0.5) is 5.69 Å². The summed E-state index contributed by atoms with van der Waals surface area (Å²) in [6, 6.07) is 6.61. The number of rotatable bonds is 3. The van der Waals surface area contributed by atoms with Gasteiger partial charge in [0.1, 0.15) is 5.75 Å². The largest absolute Gasteiger partial charge is 0.493 e. The number of aliphatic hydroxyl groups excluding tert-OH is 1. The summed E-state index contributed by atoms with van der Waals surface area (Å²) in [5, 5.41) is 12.7. The lowest BCUT2D eigenvalue weighted by molar-refractivity contribution is 0.147. The average Bonchev–Trinajstić information content (AvgIpc) is 2.73. The predicted molar refractivity (Wildman–Crippen MR) is 62.9 cm³/mol. The SMILES string of the molecule is OCC1CCC1Nc1cccc2c1CCO2. The van der Waals surface area contributed by atoms with Gasteiger partial charge in [-0.05, 0) is 25.0 Å². The van der Waals surface area contributed by atoms with E-state index >= 15 is 0 Å². The molecule has 0 aromatic heterocycles. The summed E-state index contributed by atoms with van der Waals surface area (Å²) >= 11 is 0. The molecule has 1 aliphatic carbocycles. The van der Waals surface area contributed by atoms with Gasteiger partial charge in [-0.15, -0.1) is 0 Å². The van der Waals surface area contributed by atoms with Gasteiger partial charge in [-0.1, -0.05) is 6.07 Å². The summed E-state index contributed by atoms with van der Waals surface area (Å²) in [5.74, 6) is 1.45. The van der Waals surface area contributed by atoms with Gasteiger partial charge in [0.15, 0.2) is 0 Å². The first-order valence-electron chi connectivity index (χ1n) is 6.00. The molecule has 1 heterocycles. The Kier molecular flexibility index (Phi) is 2.48. The van der Waals surface area contributed by atoms with E-state index in [0.717, 1.165) is 31.6 Å². The molecule has 1 aliphatic heterocycles. The molecule has 2 aliphatic rings. The second kappa shape index (κ2) is 3.98. The summed E-state index contributed by atoms with van der Waals surface area (Å²) in [4.78, 5) is 0. The Morgan fingerprint density at radius 1 is 1.38 bits per heavy atom. The number of nitrogens with one attached hydrogen (secondary N) is 1. The molecule has 2 N–H and O–H groups in total. The molecular weight excluding hydrogens is 202 g/mol. The molecule has 1 fully saturated rings. The van der Waals surface area contributed by atoms with Gasteiger partial charge in [0.25, 0.3) is 0 Å². The molecule has 3 rings (SSSR count). The summed E-state index contributed by atoms with van der Waals surface area (Å²) < 4.78 is 5.54. The van der Waals surface area contributed by atoms with Crippen LogP contribution in [0.15, 0.2) is 18.2 Å². The van der Waals surface area contributed by atoms with Crippen molar-refractivity contribution in [2.24, 2.45) is 5.92 Å². The molecule has 1 aromatic carbocycles. The molecule has 0 bridgehead atoms. The standard InChI is InChI=1S/C13H17NO2/c15-8-9-4-5-11(9)14-12-2-1-3-13-10(12)6-7-16-13/h1-3,9,11,14-15H,4-8H2. The van der Waals surface area contributed by atoms with Gasteiger partial charge in [0.2, 0.25) is 0 Å². The zero-order valence-corrected chi connectivity index (χ0v) is 9.28. The fourth-order valence-corrected chi connectivity index (χ4v) is 2.53. The normalized spacial score (nSPS) is 26.8. The lowest BCUT2D eigenvalue weighted by Crippen LogP contribution is -2.40. The van der Waals surface area contributed by atoms with Crippen LogP contribution >= 0.6 is 0 Å². The molecule has 0 spiro atoms. The summed E-state index contributed by atoms with van der Waals surface area (Å²) in [6.45, 7) is 1.09. The van der Waals surface area contributed by atoms with Crippen molar-refractivity contribution in [2.45, 2.75) is 25.3 Å². The first-order valence-corrected chi connectivity index (χ1v) is 6.00. The molecule has 0 radical (unpaired) electrons. The minimum atomic E-state index is 0.295. The number of ether oxygens (including phenoxy) is 1. The van der Waals surface area contributed by atoms with E-state index in [-0.39, 0.29) is 0 Å². The van der Waals surface area contributed by atoms with E-state index in [1.54, 1.807) is 0 Å². The van der Waals surface area contributed by atoms with Crippen LogP contribution < -0.4 is 10.1 Å². The zero-order valence-electron chi connectivity index (χ0n) is 9.28. The van der Waals surface area contributed by atoms with Crippen LogP contribution in [-0.2, 0) is 6.42 Å². The second-order valence-corrected chi connectivity index (χ2v) is 4.65. The second-order valence-electron chi connectivity index (χ2n) is 4.65. The third-order valence-electron chi connectivity index (χ3n) is 3.74. The Hall–Kier alpha value is -1.22. The van der Waals surface area contributed by atoms with Crippen molar-refractivity contribution in [3.63, 3.8) is 0 Å². The summed E-state index contributed by atoms with van der Waals surface area (Å²) in [5.41, 5.74) is 2.49. The van der Waals surface area contributed by atoms with Gasteiger partial charge in [-0.2, -0.15) is 0 Å². The van der Waals surface area contributed by atoms with Crippen LogP contribution in [0.3, 0.4) is 0 Å². The average molecular weight is 219 g/mol. The molecule has 2 unspecified atom stereocenters. The van der Waals surface area contributed by atoms with E-state index in [1.807, 2.05) is 12.1 Å². The van der Waals surface area contributed by atoms with Crippen molar-refractivity contribution in [3.05, 3.63) is 23.8 Å². The van der Waals surface area contributed by atoms with E-state index in [0.29, 0.717) is 18.6 Å². The Morgan fingerprint density at radius 2 is 2.31 bits per heavy atom. The van der Waals surface area contributed by atoms with Gasteiger partial charge < -0.3 is 15.2 Å². The number of aliphatic hydroxyl groups is 1. The van der Waals surface area contributed by atoms with Crippen LogP contribution in [0.1, 0.15) is 18.4 Å². The molecule has 1 saturated carbocycles. The van der Waals surface area contributed by atoms with Gasteiger partial charge >= 0.3 is 0 Å². The zero-order chi connectivity index (χ0) is 11.0. The molecule has 3 nitrogen and oxygen atoms in total. The number of anilines is 1. The van der Waals surface area contributed by atoms with Crippen LogP contribution in [-0.4, -0.2) is 24.4 Å². The molecule has 3 heteroatoms. The van der Waals surface area contributed by atoms with Crippen LogP contribution in [0.2, 0.25) is 0 Å². The van der Waals surface area contributed by atoms with Crippen molar-refractivity contribution in [1.29, 1.82) is 0 Å². The Bertz CT molecular complexity index is 390. The van der Waals surface area contributed by atoms with Crippen LogP contribution in [0, 0.1) is 5.92 Å². The number of fused-ring (bicyclic) bond motifs is 1. The maximum Gasteiger partial charge on any atom is 0.124 e. The summed E-state index contributed by atoms with van der Waals surface area (Å²) in [7, 11) is 0. The lowest BCUT2D eigenvalue weighted by atomic mass is 9.80. The molecular formula is C13H17NO2. The minimum Gasteiger partial charge on any atom is -0.493 e. The smallest absolute Gasteiger partial charge is 0.124 e. The van der Waals surface area contributed by atoms with Gasteiger partial charge in [0.05, 0.1) is 6.61 Å². The van der Waals surface area contributed by atoms with Gasteiger partial charge in [-0.3, -0.25) is 0 Å². The molecule has 16 heavy (non-hydrogen) atoms. The molecule has 0 saturated heterocycles. The van der Waals surface area contributed by atoms with Gasteiger partial charge in [0, 0.05) is 36.2 Å². The van der Waals surface area contributed by atoms with Gasteiger partial charge in [-0.25, -0.2) is 0 Å². The first kappa shape index (κ1) is 9.97. The highest BCUT2D eigenvalue weighted by molar-refractivity contribution is 5.59. The monoisotopic (exact) mass is 219 g/mol. The van der Waals surface area contributed by atoms with Crippen molar-refractivity contribution in [2.75, 3.05) is 18.5 Å². The van der Waals surface area contributed by atoms with E-state index in [9.17, 15) is 0 Å². The van der Waals surface area contributed by atoms with Crippen molar-refractivity contribution in [1.82, 2.24) is 0 Å². The fraction of sp³-hybridized carbons (Fsp3) is 0.538. The quantitative estimate of drug-likeness (QED) is 0.814. The lowest BCUT2D eigenvalue weighted by Gasteiger charge is -2.37. The van der Waals surface area contributed by atoms with Crippen molar-refractivity contribution >= 4 is 5.69 Å². The molecule has 2 atom stereocenters. The Labute approximate surface area is 95.4 Å².